The maximum absolute atomic E-state index is 13.0. The molecule has 2 aromatic heterocycles. The first-order valence-electron chi connectivity index (χ1n) is 12.0. The number of hydrogen-bond donors (Lipinski definition) is 1. The summed E-state index contributed by atoms with van der Waals surface area (Å²) in [5, 5.41) is 12.8. The molecule has 0 saturated heterocycles. The van der Waals surface area contributed by atoms with Gasteiger partial charge in [0, 0.05) is 11.4 Å². The van der Waals surface area contributed by atoms with E-state index in [0.29, 0.717) is 40.4 Å². The van der Waals surface area contributed by atoms with Gasteiger partial charge in [-0.25, -0.2) is 4.79 Å². The molecule has 0 saturated carbocycles. The number of rotatable bonds is 10. The molecule has 3 aromatic rings. The van der Waals surface area contributed by atoms with Gasteiger partial charge in [0.25, 0.3) is 0 Å². The van der Waals surface area contributed by atoms with E-state index in [4.69, 9.17) is 9.47 Å². The lowest BCUT2D eigenvalue weighted by Gasteiger charge is -2.11. The van der Waals surface area contributed by atoms with E-state index < -0.39 is 0 Å². The Labute approximate surface area is 219 Å². The third-order valence-electron chi connectivity index (χ3n) is 5.86. The van der Waals surface area contributed by atoms with Gasteiger partial charge in [-0.15, -0.1) is 28.1 Å². The quantitative estimate of drug-likeness (QED) is 0.164. The van der Waals surface area contributed by atoms with E-state index in [0.717, 1.165) is 43.2 Å². The lowest BCUT2D eigenvalue weighted by molar-refractivity contribution is -0.113. The number of thiophene rings is 1. The van der Waals surface area contributed by atoms with E-state index in [2.05, 4.69) is 22.1 Å². The Morgan fingerprint density at radius 2 is 2.03 bits per heavy atom. The second-order valence-electron chi connectivity index (χ2n) is 8.23. The van der Waals surface area contributed by atoms with Crippen LogP contribution in [0.1, 0.15) is 47.0 Å². The van der Waals surface area contributed by atoms with Crippen molar-refractivity contribution in [2.24, 2.45) is 0 Å². The van der Waals surface area contributed by atoms with Gasteiger partial charge in [0.1, 0.15) is 10.8 Å². The van der Waals surface area contributed by atoms with Gasteiger partial charge in [-0.3, -0.25) is 9.36 Å². The molecule has 2 heterocycles. The minimum atomic E-state index is -0.368. The van der Waals surface area contributed by atoms with E-state index in [1.165, 1.54) is 28.0 Å². The molecule has 8 nitrogen and oxygen atoms in total. The summed E-state index contributed by atoms with van der Waals surface area (Å²) in [5.41, 5.74) is 2.36. The number of aryl methyl sites for hydroxylation is 1. The topological polar surface area (TPSA) is 95.3 Å². The molecule has 1 amide bonds. The smallest absolute Gasteiger partial charge is 0.341 e. The molecule has 0 radical (unpaired) electrons. The van der Waals surface area contributed by atoms with Crippen molar-refractivity contribution >= 4 is 40.0 Å². The Hall–Kier alpha value is -3.11. The number of carbonyl (C=O) groups is 2. The van der Waals surface area contributed by atoms with Gasteiger partial charge < -0.3 is 14.8 Å². The molecule has 0 bridgehead atoms. The Kier molecular flexibility index (Phi) is 8.82. The van der Waals surface area contributed by atoms with Crippen LogP contribution in [0.25, 0.3) is 11.4 Å². The van der Waals surface area contributed by atoms with Crippen molar-refractivity contribution in [1.29, 1.82) is 0 Å². The third kappa shape index (κ3) is 5.65. The van der Waals surface area contributed by atoms with Crippen LogP contribution in [-0.4, -0.2) is 46.1 Å². The zero-order valence-electron chi connectivity index (χ0n) is 20.5. The number of benzene rings is 1. The van der Waals surface area contributed by atoms with Crippen molar-refractivity contribution in [2.75, 3.05) is 24.8 Å². The molecule has 4 rings (SSSR count). The number of thioether (sulfide) groups is 1. The predicted octanol–water partition coefficient (Wildman–Crippen LogP) is 5.38. The van der Waals surface area contributed by atoms with Gasteiger partial charge in [-0.05, 0) is 50.3 Å². The minimum Gasteiger partial charge on any atom is -0.496 e. The summed E-state index contributed by atoms with van der Waals surface area (Å²) in [4.78, 5) is 26.9. The van der Waals surface area contributed by atoms with Gasteiger partial charge in [-0.2, -0.15) is 0 Å². The van der Waals surface area contributed by atoms with Crippen molar-refractivity contribution in [3.05, 3.63) is 52.9 Å². The van der Waals surface area contributed by atoms with Crippen molar-refractivity contribution in [2.45, 2.75) is 50.7 Å². The lowest BCUT2D eigenvalue weighted by Crippen LogP contribution is -2.17. The van der Waals surface area contributed by atoms with Crippen LogP contribution in [0.2, 0.25) is 0 Å². The number of ether oxygens (including phenoxy) is 2. The number of hydrogen-bond acceptors (Lipinski definition) is 8. The standard InChI is InChI=1S/C26H30N4O4S2/c1-4-15-30-23(17-11-9-10-13-19(17)33-3)28-29-26(30)35-16-21(31)27-24-22(25(32)34-5-2)18-12-7-6-8-14-20(18)36-24/h4,9-11,13H,1,5-8,12,14-16H2,2-3H3,(H,27,31). The molecule has 1 aliphatic carbocycles. The van der Waals surface area contributed by atoms with Crippen molar-refractivity contribution in [3.8, 4) is 17.1 Å². The number of anilines is 1. The zero-order valence-corrected chi connectivity index (χ0v) is 22.2. The second kappa shape index (κ2) is 12.2. The monoisotopic (exact) mass is 526 g/mol. The fraction of sp³-hybridized carbons (Fsp3) is 0.385. The Morgan fingerprint density at radius 1 is 1.22 bits per heavy atom. The molecule has 0 spiro atoms. The average Bonchev–Trinajstić information content (AvgIpc) is 3.35. The highest BCUT2D eigenvalue weighted by atomic mass is 32.2. The number of nitrogens with one attached hydrogen (secondary N) is 1. The molecule has 1 aliphatic rings. The average molecular weight is 527 g/mol. The van der Waals surface area contributed by atoms with Crippen molar-refractivity contribution in [1.82, 2.24) is 14.8 Å². The SMILES string of the molecule is C=CCn1c(SCC(=O)Nc2sc3c(c2C(=O)OCC)CCCCC3)nnc1-c1ccccc1OC. The summed E-state index contributed by atoms with van der Waals surface area (Å²) in [6.45, 7) is 6.41. The summed E-state index contributed by atoms with van der Waals surface area (Å²) in [6, 6.07) is 7.59. The van der Waals surface area contributed by atoms with E-state index in [-0.39, 0.29) is 17.6 Å². The van der Waals surface area contributed by atoms with Crippen molar-refractivity contribution in [3.63, 3.8) is 0 Å². The fourth-order valence-electron chi connectivity index (χ4n) is 4.26. The number of methoxy groups -OCH3 is 1. The minimum absolute atomic E-state index is 0.117. The molecule has 1 N–H and O–H groups in total. The number of amides is 1. The Balaban J connectivity index is 1.52. The van der Waals surface area contributed by atoms with E-state index in [1.807, 2.05) is 28.8 Å². The van der Waals surface area contributed by atoms with Crippen LogP contribution in [0.5, 0.6) is 5.75 Å². The molecular weight excluding hydrogens is 496 g/mol. The fourth-order valence-corrected chi connectivity index (χ4v) is 6.30. The molecule has 36 heavy (non-hydrogen) atoms. The second-order valence-corrected chi connectivity index (χ2v) is 10.3. The van der Waals surface area contributed by atoms with Gasteiger partial charge >= 0.3 is 5.97 Å². The van der Waals surface area contributed by atoms with Crippen LogP contribution in [0.4, 0.5) is 5.00 Å². The van der Waals surface area contributed by atoms with Crippen LogP contribution in [0, 0.1) is 0 Å². The summed E-state index contributed by atoms with van der Waals surface area (Å²) in [5.74, 6) is 0.864. The maximum atomic E-state index is 13.0. The van der Waals surface area contributed by atoms with Gasteiger partial charge in [0.05, 0.1) is 30.6 Å². The number of carbonyl (C=O) groups excluding carboxylic acids is 2. The van der Waals surface area contributed by atoms with Crippen molar-refractivity contribution < 1.29 is 19.1 Å². The number of nitrogens with zero attached hydrogens (tertiary/aromatic N) is 3. The number of fused-ring (bicyclic) bond motifs is 1. The van der Waals surface area contributed by atoms with Crippen LogP contribution in [0.3, 0.4) is 0 Å². The molecule has 1 aromatic carbocycles. The van der Waals surface area contributed by atoms with E-state index in [9.17, 15) is 9.59 Å². The molecule has 0 unspecified atom stereocenters. The highest BCUT2D eigenvalue weighted by molar-refractivity contribution is 7.99. The lowest BCUT2D eigenvalue weighted by atomic mass is 10.1. The van der Waals surface area contributed by atoms with Crippen LogP contribution in [-0.2, 0) is 28.9 Å². The number of allylic oxidation sites excluding steroid dienone is 1. The first-order valence-corrected chi connectivity index (χ1v) is 13.8. The number of para-hydroxylation sites is 1. The Bertz CT molecular complexity index is 1250. The first-order chi connectivity index (χ1) is 17.6. The van der Waals surface area contributed by atoms with Crippen LogP contribution in [0.15, 0.2) is 42.1 Å². The van der Waals surface area contributed by atoms with E-state index >= 15 is 0 Å². The first kappa shape index (κ1) is 26.0. The molecular formula is C26H30N4O4S2. The van der Waals surface area contributed by atoms with Gasteiger partial charge in [0.15, 0.2) is 11.0 Å². The molecule has 0 aliphatic heterocycles. The maximum Gasteiger partial charge on any atom is 0.341 e. The highest BCUT2D eigenvalue weighted by Gasteiger charge is 2.27. The molecule has 190 valence electrons. The van der Waals surface area contributed by atoms with E-state index in [1.54, 1.807) is 20.1 Å². The summed E-state index contributed by atoms with van der Waals surface area (Å²) < 4.78 is 12.7. The highest BCUT2D eigenvalue weighted by Crippen LogP contribution is 2.38. The number of esters is 1. The number of aromatic nitrogens is 3. The molecule has 0 fully saturated rings. The zero-order chi connectivity index (χ0) is 25.5. The molecule has 0 atom stereocenters. The Morgan fingerprint density at radius 3 is 2.81 bits per heavy atom. The molecule has 10 heteroatoms. The predicted molar refractivity (Wildman–Crippen MR) is 143 cm³/mol. The normalized spacial score (nSPS) is 12.9. The van der Waals surface area contributed by atoms with Crippen LogP contribution >= 0.6 is 23.1 Å². The summed E-state index contributed by atoms with van der Waals surface area (Å²) >= 11 is 2.78. The summed E-state index contributed by atoms with van der Waals surface area (Å²) in [7, 11) is 1.61. The third-order valence-corrected chi connectivity index (χ3v) is 8.04. The van der Waals surface area contributed by atoms with Gasteiger partial charge in [0.2, 0.25) is 5.91 Å². The largest absolute Gasteiger partial charge is 0.496 e. The van der Waals surface area contributed by atoms with Crippen LogP contribution < -0.4 is 10.1 Å². The van der Waals surface area contributed by atoms with Gasteiger partial charge in [-0.1, -0.05) is 36.4 Å². The summed E-state index contributed by atoms with van der Waals surface area (Å²) in [6.07, 6.45) is 6.79.